The number of rotatable bonds is 7. The van der Waals surface area contributed by atoms with Crippen molar-refractivity contribution in [3.05, 3.63) is 29.8 Å². The van der Waals surface area contributed by atoms with E-state index in [4.69, 9.17) is 9.84 Å². The molecular formula is C15H21NO4. The molecule has 1 atom stereocenters. The maximum absolute atomic E-state index is 11.9. The molecule has 1 rings (SSSR count). The van der Waals surface area contributed by atoms with Crippen LogP contribution in [-0.2, 0) is 16.0 Å². The number of hydrogen-bond acceptors (Lipinski definition) is 3. The Kier molecular flexibility index (Phi) is 6.03. The number of benzene rings is 1. The molecular weight excluding hydrogens is 258 g/mol. The number of carbonyl (C=O) groups excluding carboxylic acids is 1. The number of amides is 1. The molecule has 0 heterocycles. The summed E-state index contributed by atoms with van der Waals surface area (Å²) in [5.41, 5.74) is 0.788. The van der Waals surface area contributed by atoms with Crippen LogP contribution in [0.3, 0.4) is 0 Å². The van der Waals surface area contributed by atoms with Crippen LogP contribution in [0.4, 0.5) is 0 Å². The van der Waals surface area contributed by atoms with Gasteiger partial charge in [-0.1, -0.05) is 26.0 Å². The van der Waals surface area contributed by atoms with Gasteiger partial charge in [0.15, 0.2) is 0 Å². The van der Waals surface area contributed by atoms with E-state index in [0.717, 1.165) is 5.56 Å². The summed E-state index contributed by atoms with van der Waals surface area (Å²) in [6, 6.07) is 6.32. The molecule has 5 heteroatoms. The second-order valence-corrected chi connectivity index (χ2v) is 5.12. The van der Waals surface area contributed by atoms with Crippen molar-refractivity contribution < 1.29 is 19.4 Å². The lowest BCUT2D eigenvalue weighted by atomic mass is 10.0. The lowest BCUT2D eigenvalue weighted by Gasteiger charge is -2.16. The van der Waals surface area contributed by atoms with Crippen LogP contribution in [-0.4, -0.2) is 30.1 Å². The van der Waals surface area contributed by atoms with Crippen molar-refractivity contribution in [1.29, 1.82) is 0 Å². The van der Waals surface area contributed by atoms with Crippen LogP contribution in [0.15, 0.2) is 24.3 Å². The van der Waals surface area contributed by atoms with Gasteiger partial charge >= 0.3 is 5.97 Å². The van der Waals surface area contributed by atoms with Crippen LogP contribution in [0.1, 0.15) is 25.8 Å². The van der Waals surface area contributed by atoms with E-state index in [0.29, 0.717) is 12.2 Å². The maximum Gasteiger partial charge on any atom is 0.326 e. The van der Waals surface area contributed by atoms with Gasteiger partial charge in [-0.25, -0.2) is 4.79 Å². The maximum atomic E-state index is 11.9. The summed E-state index contributed by atoms with van der Waals surface area (Å²) in [7, 11) is 1.56. The zero-order chi connectivity index (χ0) is 15.1. The molecule has 0 saturated heterocycles. The Morgan fingerprint density at radius 2 is 2.05 bits per heavy atom. The number of hydrogen-bond donors (Lipinski definition) is 2. The third-order valence-corrected chi connectivity index (χ3v) is 2.84. The molecule has 0 aliphatic rings. The van der Waals surface area contributed by atoms with Gasteiger partial charge in [0.1, 0.15) is 11.8 Å². The molecule has 0 fully saturated rings. The number of nitrogens with one attached hydrogen (secondary N) is 1. The summed E-state index contributed by atoms with van der Waals surface area (Å²) in [6.45, 7) is 3.84. The number of aliphatic carboxylic acids is 1. The molecule has 110 valence electrons. The fourth-order valence-corrected chi connectivity index (χ4v) is 1.91. The van der Waals surface area contributed by atoms with Gasteiger partial charge in [0, 0.05) is 0 Å². The first-order chi connectivity index (χ1) is 9.42. The minimum absolute atomic E-state index is 0.138. The Balaban J connectivity index is 2.63. The highest BCUT2D eigenvalue weighted by atomic mass is 16.5. The molecule has 0 unspecified atom stereocenters. The minimum atomic E-state index is -1.00. The fourth-order valence-electron chi connectivity index (χ4n) is 1.91. The molecule has 20 heavy (non-hydrogen) atoms. The largest absolute Gasteiger partial charge is 0.497 e. The first kappa shape index (κ1) is 16.0. The highest BCUT2D eigenvalue weighted by molar-refractivity contribution is 5.84. The Hall–Kier alpha value is -2.04. The highest BCUT2D eigenvalue weighted by Crippen LogP contribution is 2.13. The van der Waals surface area contributed by atoms with Gasteiger partial charge in [-0.3, -0.25) is 4.79 Å². The minimum Gasteiger partial charge on any atom is -0.497 e. The van der Waals surface area contributed by atoms with E-state index in [1.54, 1.807) is 31.4 Å². The predicted octanol–water partition coefficient (Wildman–Crippen LogP) is 1.85. The number of carboxylic acid groups (broad SMARTS) is 1. The van der Waals surface area contributed by atoms with E-state index < -0.39 is 12.0 Å². The molecule has 1 aromatic carbocycles. The van der Waals surface area contributed by atoms with Gasteiger partial charge in [-0.15, -0.1) is 0 Å². The van der Waals surface area contributed by atoms with Gasteiger partial charge < -0.3 is 15.2 Å². The Morgan fingerprint density at radius 1 is 1.35 bits per heavy atom. The van der Waals surface area contributed by atoms with Crippen molar-refractivity contribution >= 4 is 11.9 Å². The molecule has 0 aromatic heterocycles. The zero-order valence-corrected chi connectivity index (χ0v) is 12.1. The van der Waals surface area contributed by atoms with Crippen molar-refractivity contribution in [2.75, 3.05) is 7.11 Å². The van der Waals surface area contributed by atoms with Gasteiger partial charge in [0.05, 0.1) is 13.5 Å². The van der Waals surface area contributed by atoms with Crippen molar-refractivity contribution in [2.24, 2.45) is 5.92 Å². The fraction of sp³-hybridized carbons (Fsp3) is 0.467. The molecule has 0 saturated carbocycles. The quantitative estimate of drug-likeness (QED) is 0.798. The van der Waals surface area contributed by atoms with E-state index in [1.807, 2.05) is 13.8 Å². The van der Waals surface area contributed by atoms with Gasteiger partial charge in [0.2, 0.25) is 5.91 Å². The lowest BCUT2D eigenvalue weighted by molar-refractivity contribution is -0.142. The number of carboxylic acids is 1. The highest BCUT2D eigenvalue weighted by Gasteiger charge is 2.21. The van der Waals surface area contributed by atoms with Gasteiger partial charge in [0.25, 0.3) is 0 Å². The van der Waals surface area contributed by atoms with Crippen molar-refractivity contribution in [3.63, 3.8) is 0 Å². The first-order valence-corrected chi connectivity index (χ1v) is 6.57. The van der Waals surface area contributed by atoms with E-state index >= 15 is 0 Å². The molecule has 5 nitrogen and oxygen atoms in total. The van der Waals surface area contributed by atoms with Crippen LogP contribution in [0.25, 0.3) is 0 Å². The van der Waals surface area contributed by atoms with Crippen molar-refractivity contribution in [1.82, 2.24) is 5.32 Å². The Morgan fingerprint density at radius 3 is 2.60 bits per heavy atom. The normalized spacial score (nSPS) is 12.0. The topological polar surface area (TPSA) is 75.6 Å². The van der Waals surface area contributed by atoms with Crippen LogP contribution >= 0.6 is 0 Å². The monoisotopic (exact) mass is 279 g/mol. The smallest absolute Gasteiger partial charge is 0.326 e. The van der Waals surface area contributed by atoms with E-state index in [-0.39, 0.29) is 18.2 Å². The summed E-state index contributed by atoms with van der Waals surface area (Å²) >= 11 is 0. The molecule has 0 radical (unpaired) electrons. The molecule has 1 aromatic rings. The summed E-state index contributed by atoms with van der Waals surface area (Å²) in [6.07, 6.45) is 0.554. The third-order valence-electron chi connectivity index (χ3n) is 2.84. The van der Waals surface area contributed by atoms with E-state index in [1.165, 1.54) is 0 Å². The average Bonchev–Trinajstić information content (AvgIpc) is 2.37. The van der Waals surface area contributed by atoms with Crippen LogP contribution < -0.4 is 10.1 Å². The number of carbonyl (C=O) groups is 2. The zero-order valence-electron chi connectivity index (χ0n) is 12.1. The summed E-state index contributed by atoms with van der Waals surface area (Å²) in [5.74, 6) is -0.426. The summed E-state index contributed by atoms with van der Waals surface area (Å²) in [5, 5.41) is 11.6. The summed E-state index contributed by atoms with van der Waals surface area (Å²) < 4.78 is 5.08. The molecule has 1 amide bonds. The molecule has 0 aliphatic carbocycles. The molecule has 0 bridgehead atoms. The van der Waals surface area contributed by atoms with Gasteiger partial charge in [-0.05, 0) is 30.0 Å². The second-order valence-electron chi connectivity index (χ2n) is 5.12. The van der Waals surface area contributed by atoms with Crippen LogP contribution in [0.2, 0.25) is 0 Å². The Bertz CT molecular complexity index is 471. The molecule has 0 aliphatic heterocycles. The average molecular weight is 279 g/mol. The first-order valence-electron chi connectivity index (χ1n) is 6.57. The molecule has 2 N–H and O–H groups in total. The number of ether oxygens (including phenoxy) is 1. The predicted molar refractivity (Wildman–Crippen MR) is 75.7 cm³/mol. The standard InChI is InChI=1S/C15H21NO4/c1-10(2)7-13(15(18)19)16-14(17)9-11-5-4-6-12(8-11)20-3/h4-6,8,10,13H,7,9H2,1-3H3,(H,16,17)(H,18,19)/t13-/m0/s1. The van der Waals surface area contributed by atoms with Crippen molar-refractivity contribution in [3.8, 4) is 5.75 Å². The van der Waals surface area contributed by atoms with Gasteiger partial charge in [-0.2, -0.15) is 0 Å². The SMILES string of the molecule is COc1cccc(CC(=O)N[C@@H](CC(C)C)C(=O)O)c1. The Labute approximate surface area is 118 Å². The lowest BCUT2D eigenvalue weighted by Crippen LogP contribution is -2.42. The van der Waals surface area contributed by atoms with Crippen molar-refractivity contribution in [2.45, 2.75) is 32.7 Å². The van der Waals surface area contributed by atoms with E-state index in [9.17, 15) is 9.59 Å². The molecule has 0 spiro atoms. The summed E-state index contributed by atoms with van der Waals surface area (Å²) in [4.78, 5) is 23.0. The van der Waals surface area contributed by atoms with Crippen LogP contribution in [0, 0.1) is 5.92 Å². The van der Waals surface area contributed by atoms with Crippen LogP contribution in [0.5, 0.6) is 5.75 Å². The number of methoxy groups -OCH3 is 1. The second kappa shape index (κ2) is 7.53. The third kappa shape index (κ3) is 5.30. The van der Waals surface area contributed by atoms with E-state index in [2.05, 4.69) is 5.32 Å².